The molecular weight excluding hydrogens is 276 g/mol. The van der Waals surface area contributed by atoms with Gasteiger partial charge < -0.3 is 15.0 Å². The van der Waals surface area contributed by atoms with Crippen molar-refractivity contribution in [2.24, 2.45) is 0 Å². The van der Waals surface area contributed by atoms with Crippen LogP contribution in [0.5, 0.6) is 0 Å². The number of carbonyl (C=O) groups excluding carboxylic acids is 1. The van der Waals surface area contributed by atoms with Gasteiger partial charge in [-0.15, -0.1) is 0 Å². The normalized spacial score (nSPS) is 18.3. The third-order valence-electron chi connectivity index (χ3n) is 3.42. The molecule has 0 aliphatic carbocycles. The highest BCUT2D eigenvalue weighted by Crippen LogP contribution is 2.22. The molecule has 1 fully saturated rings. The van der Waals surface area contributed by atoms with Crippen molar-refractivity contribution in [3.8, 4) is 0 Å². The Hall–Kier alpha value is -1.26. The molecule has 1 saturated heterocycles. The lowest BCUT2D eigenvalue weighted by Gasteiger charge is -2.19. The Morgan fingerprint density at radius 2 is 2.20 bits per heavy atom. The van der Waals surface area contributed by atoms with Gasteiger partial charge in [0.05, 0.1) is 6.61 Å². The third kappa shape index (κ3) is 4.39. The Balaban J connectivity index is 1.77. The first kappa shape index (κ1) is 15.1. The van der Waals surface area contributed by atoms with Crippen LogP contribution in [-0.4, -0.2) is 38.3 Å². The number of anilines is 1. The van der Waals surface area contributed by atoms with Gasteiger partial charge in [-0.3, -0.25) is 4.79 Å². The molecular formula is C15H21ClN2O2. The summed E-state index contributed by atoms with van der Waals surface area (Å²) in [5, 5.41) is 3.81. The van der Waals surface area contributed by atoms with Crippen LogP contribution in [0.25, 0.3) is 0 Å². The van der Waals surface area contributed by atoms with Crippen molar-refractivity contribution < 1.29 is 9.53 Å². The van der Waals surface area contributed by atoms with Crippen molar-refractivity contribution >= 4 is 23.2 Å². The third-order valence-corrected chi connectivity index (χ3v) is 3.67. The summed E-state index contributed by atoms with van der Waals surface area (Å²) in [7, 11) is 0. The lowest BCUT2D eigenvalue weighted by molar-refractivity contribution is -0.122. The SMILES string of the molecule is CCOCCC(=O)N[C@@H]1CCN(c2ccc(Cl)cc2)C1. The van der Waals surface area contributed by atoms with Crippen LogP contribution >= 0.6 is 11.6 Å². The summed E-state index contributed by atoms with van der Waals surface area (Å²) in [6, 6.07) is 8.04. The molecule has 0 bridgehead atoms. The predicted molar refractivity (Wildman–Crippen MR) is 81.3 cm³/mol. The second-order valence-electron chi connectivity index (χ2n) is 4.92. The molecule has 1 aromatic carbocycles. The quantitative estimate of drug-likeness (QED) is 0.820. The molecule has 0 radical (unpaired) electrons. The Labute approximate surface area is 125 Å². The molecule has 1 aliphatic heterocycles. The minimum atomic E-state index is 0.0707. The number of hydrogen-bond acceptors (Lipinski definition) is 3. The molecule has 1 aromatic rings. The average Bonchev–Trinajstić information content (AvgIpc) is 2.88. The molecule has 1 aliphatic rings. The standard InChI is InChI=1S/C15H21ClN2O2/c1-2-20-10-8-15(19)17-13-7-9-18(11-13)14-5-3-12(16)4-6-14/h3-6,13H,2,7-11H2,1H3,(H,17,19)/t13-/m1/s1. The Bertz CT molecular complexity index is 436. The van der Waals surface area contributed by atoms with Crippen LogP contribution in [-0.2, 0) is 9.53 Å². The van der Waals surface area contributed by atoms with Gasteiger partial charge in [-0.05, 0) is 37.6 Å². The summed E-state index contributed by atoms with van der Waals surface area (Å²) in [5.74, 6) is 0.0707. The fourth-order valence-corrected chi connectivity index (χ4v) is 2.50. The van der Waals surface area contributed by atoms with E-state index in [1.807, 2.05) is 31.2 Å². The van der Waals surface area contributed by atoms with E-state index in [9.17, 15) is 4.79 Å². The summed E-state index contributed by atoms with van der Waals surface area (Å²) in [5.41, 5.74) is 1.15. The molecule has 1 amide bonds. The summed E-state index contributed by atoms with van der Waals surface area (Å²) in [6.07, 6.45) is 1.41. The van der Waals surface area contributed by atoms with Crippen molar-refractivity contribution in [2.45, 2.75) is 25.8 Å². The van der Waals surface area contributed by atoms with E-state index in [0.29, 0.717) is 19.6 Å². The van der Waals surface area contributed by atoms with Crippen molar-refractivity contribution in [1.82, 2.24) is 5.32 Å². The Kier molecular flexibility index (Phi) is 5.68. The minimum Gasteiger partial charge on any atom is -0.381 e. The molecule has 0 saturated carbocycles. The van der Waals surface area contributed by atoms with Crippen molar-refractivity contribution in [1.29, 1.82) is 0 Å². The van der Waals surface area contributed by atoms with Crippen LogP contribution in [0, 0.1) is 0 Å². The smallest absolute Gasteiger partial charge is 0.222 e. The van der Waals surface area contributed by atoms with E-state index in [0.717, 1.165) is 30.2 Å². The summed E-state index contributed by atoms with van der Waals surface area (Å²) in [6.45, 7) is 4.88. The maximum absolute atomic E-state index is 11.7. The molecule has 0 unspecified atom stereocenters. The highest BCUT2D eigenvalue weighted by Gasteiger charge is 2.23. The molecule has 20 heavy (non-hydrogen) atoms. The van der Waals surface area contributed by atoms with Gasteiger partial charge in [-0.2, -0.15) is 0 Å². The highest BCUT2D eigenvalue weighted by atomic mass is 35.5. The van der Waals surface area contributed by atoms with Crippen LogP contribution < -0.4 is 10.2 Å². The number of ether oxygens (including phenoxy) is 1. The molecule has 2 rings (SSSR count). The molecule has 5 heteroatoms. The fourth-order valence-electron chi connectivity index (χ4n) is 2.37. The van der Waals surface area contributed by atoms with Gasteiger partial charge in [0.25, 0.3) is 0 Å². The van der Waals surface area contributed by atoms with Crippen LogP contribution in [0.3, 0.4) is 0 Å². The van der Waals surface area contributed by atoms with Gasteiger partial charge in [-0.1, -0.05) is 11.6 Å². The number of nitrogens with zero attached hydrogens (tertiary/aromatic N) is 1. The van der Waals surface area contributed by atoms with E-state index in [2.05, 4.69) is 10.2 Å². The van der Waals surface area contributed by atoms with Crippen LogP contribution in [0.15, 0.2) is 24.3 Å². The zero-order valence-electron chi connectivity index (χ0n) is 11.8. The first-order chi connectivity index (χ1) is 9.69. The topological polar surface area (TPSA) is 41.6 Å². The van der Waals surface area contributed by atoms with Crippen molar-refractivity contribution in [3.05, 3.63) is 29.3 Å². The van der Waals surface area contributed by atoms with Crippen molar-refractivity contribution in [2.75, 3.05) is 31.2 Å². The number of rotatable bonds is 6. The van der Waals surface area contributed by atoms with Crippen LogP contribution in [0.1, 0.15) is 19.8 Å². The number of halogens is 1. The minimum absolute atomic E-state index is 0.0707. The number of benzene rings is 1. The first-order valence-electron chi connectivity index (χ1n) is 7.06. The van der Waals surface area contributed by atoms with Gasteiger partial charge in [0.2, 0.25) is 5.91 Å². The molecule has 110 valence electrons. The van der Waals surface area contributed by atoms with E-state index < -0.39 is 0 Å². The van der Waals surface area contributed by atoms with Gasteiger partial charge in [0, 0.05) is 42.9 Å². The van der Waals surface area contributed by atoms with E-state index in [1.54, 1.807) is 0 Å². The highest BCUT2D eigenvalue weighted by molar-refractivity contribution is 6.30. The summed E-state index contributed by atoms with van der Waals surface area (Å²) in [4.78, 5) is 14.0. The molecule has 1 atom stereocenters. The van der Waals surface area contributed by atoms with Gasteiger partial charge >= 0.3 is 0 Å². The second-order valence-corrected chi connectivity index (χ2v) is 5.36. The van der Waals surface area contributed by atoms with Crippen molar-refractivity contribution in [3.63, 3.8) is 0 Å². The monoisotopic (exact) mass is 296 g/mol. The van der Waals surface area contributed by atoms with Crippen LogP contribution in [0.2, 0.25) is 5.02 Å². The Morgan fingerprint density at radius 3 is 2.90 bits per heavy atom. The Morgan fingerprint density at radius 1 is 1.45 bits per heavy atom. The van der Waals surface area contributed by atoms with Gasteiger partial charge in [0.1, 0.15) is 0 Å². The molecule has 1 N–H and O–H groups in total. The molecule has 0 aromatic heterocycles. The molecule has 0 spiro atoms. The summed E-state index contributed by atoms with van der Waals surface area (Å²) < 4.78 is 5.19. The number of hydrogen-bond donors (Lipinski definition) is 1. The maximum atomic E-state index is 11.7. The zero-order valence-corrected chi connectivity index (χ0v) is 12.5. The zero-order chi connectivity index (χ0) is 14.4. The number of carbonyl (C=O) groups is 1. The average molecular weight is 297 g/mol. The second kappa shape index (κ2) is 7.50. The van der Waals surface area contributed by atoms with E-state index >= 15 is 0 Å². The number of nitrogens with one attached hydrogen (secondary N) is 1. The van der Waals surface area contributed by atoms with Gasteiger partial charge in [-0.25, -0.2) is 0 Å². The van der Waals surface area contributed by atoms with E-state index in [4.69, 9.17) is 16.3 Å². The largest absolute Gasteiger partial charge is 0.381 e. The lowest BCUT2D eigenvalue weighted by atomic mass is 10.2. The fraction of sp³-hybridized carbons (Fsp3) is 0.533. The summed E-state index contributed by atoms with van der Waals surface area (Å²) >= 11 is 5.89. The van der Waals surface area contributed by atoms with E-state index in [-0.39, 0.29) is 11.9 Å². The van der Waals surface area contributed by atoms with Gasteiger partial charge in [0.15, 0.2) is 0 Å². The first-order valence-corrected chi connectivity index (χ1v) is 7.44. The molecule has 1 heterocycles. The maximum Gasteiger partial charge on any atom is 0.222 e. The predicted octanol–water partition coefficient (Wildman–Crippen LogP) is 2.46. The lowest BCUT2D eigenvalue weighted by Crippen LogP contribution is -2.37. The number of amides is 1. The van der Waals surface area contributed by atoms with E-state index in [1.165, 1.54) is 0 Å². The molecule has 4 nitrogen and oxygen atoms in total. The van der Waals surface area contributed by atoms with Crippen LogP contribution in [0.4, 0.5) is 5.69 Å².